The lowest BCUT2D eigenvalue weighted by Crippen LogP contribution is -2.52. The molecule has 2 amide bonds. The maximum absolute atomic E-state index is 13.3. The molecule has 2 heterocycles. The number of carbonyl (C=O) groups excluding carboxylic acids is 2. The Balaban J connectivity index is 1.92. The summed E-state index contributed by atoms with van der Waals surface area (Å²) in [6, 6.07) is 3.61. The highest BCUT2D eigenvalue weighted by Gasteiger charge is 2.36. The summed E-state index contributed by atoms with van der Waals surface area (Å²) in [5, 5.41) is 0.181. The van der Waals surface area contributed by atoms with Gasteiger partial charge in [-0.1, -0.05) is 11.6 Å². The van der Waals surface area contributed by atoms with Gasteiger partial charge in [0.25, 0.3) is 5.91 Å². The maximum Gasteiger partial charge on any atom is 0.256 e. The summed E-state index contributed by atoms with van der Waals surface area (Å²) in [6.07, 6.45) is 4.29. The lowest BCUT2D eigenvalue weighted by molar-refractivity contribution is -0.136. The molecule has 9 heteroatoms. The fourth-order valence-electron chi connectivity index (χ4n) is 3.77. The van der Waals surface area contributed by atoms with Gasteiger partial charge in [-0.25, -0.2) is 12.7 Å². The summed E-state index contributed by atoms with van der Waals surface area (Å²) in [6.45, 7) is 1.92. The molecule has 2 saturated heterocycles. The van der Waals surface area contributed by atoms with E-state index in [0.717, 1.165) is 43.1 Å². The molecule has 0 aliphatic carbocycles. The molecule has 2 aliphatic heterocycles. The Labute approximate surface area is 171 Å². The van der Waals surface area contributed by atoms with Crippen molar-refractivity contribution < 1.29 is 18.0 Å². The van der Waals surface area contributed by atoms with Crippen molar-refractivity contribution in [1.29, 1.82) is 0 Å². The average Bonchev–Trinajstić information content (AvgIpc) is 3.21. The smallest absolute Gasteiger partial charge is 0.256 e. The van der Waals surface area contributed by atoms with Crippen molar-refractivity contribution in [3.8, 4) is 0 Å². The molecule has 154 valence electrons. The molecule has 2 aliphatic rings. The van der Waals surface area contributed by atoms with Crippen LogP contribution in [0.4, 0.5) is 0 Å². The normalized spacial score (nSPS) is 20.6. The lowest BCUT2D eigenvalue weighted by Gasteiger charge is -2.37. The van der Waals surface area contributed by atoms with Crippen molar-refractivity contribution >= 4 is 33.4 Å². The van der Waals surface area contributed by atoms with Crippen LogP contribution < -0.4 is 0 Å². The van der Waals surface area contributed by atoms with Gasteiger partial charge < -0.3 is 9.80 Å². The van der Waals surface area contributed by atoms with Gasteiger partial charge in [-0.2, -0.15) is 0 Å². The third-order valence-corrected chi connectivity index (χ3v) is 7.55. The van der Waals surface area contributed by atoms with Gasteiger partial charge in [0.2, 0.25) is 15.9 Å². The van der Waals surface area contributed by atoms with Crippen LogP contribution in [0.3, 0.4) is 0 Å². The third-order valence-electron chi connectivity index (χ3n) is 5.41. The predicted molar refractivity (Wildman–Crippen MR) is 107 cm³/mol. The summed E-state index contributed by atoms with van der Waals surface area (Å²) < 4.78 is 26.0. The zero-order valence-electron chi connectivity index (χ0n) is 16.2. The molecule has 7 nitrogen and oxygen atoms in total. The first-order chi connectivity index (χ1) is 13.2. The van der Waals surface area contributed by atoms with E-state index in [1.54, 1.807) is 4.90 Å². The minimum absolute atomic E-state index is 0.00433. The summed E-state index contributed by atoms with van der Waals surface area (Å²) >= 11 is 6.24. The van der Waals surface area contributed by atoms with Crippen LogP contribution in [0.1, 0.15) is 42.5 Å². The number of amides is 2. The van der Waals surface area contributed by atoms with Crippen LogP contribution in [0.5, 0.6) is 0 Å². The molecule has 0 radical (unpaired) electrons. The van der Waals surface area contributed by atoms with E-state index in [0.29, 0.717) is 13.0 Å². The summed E-state index contributed by atoms with van der Waals surface area (Å²) in [5.74, 6) is -0.406. The van der Waals surface area contributed by atoms with Crippen LogP contribution in [0.25, 0.3) is 0 Å². The van der Waals surface area contributed by atoms with Crippen LogP contribution in [-0.2, 0) is 14.8 Å². The number of nitrogens with zero attached hydrogens (tertiary/aromatic N) is 3. The SMILES string of the molecule is CN(C)S(=O)(=O)c1ccc(Cl)c(C(=O)N2CCCCC2C(=O)N2CCCC2)c1. The fourth-order valence-corrected chi connectivity index (χ4v) is 4.90. The molecular weight excluding hydrogens is 402 g/mol. The Hall–Kier alpha value is -1.64. The largest absolute Gasteiger partial charge is 0.341 e. The van der Waals surface area contributed by atoms with Crippen LogP contribution in [0.2, 0.25) is 5.02 Å². The Morgan fingerprint density at radius 1 is 1.07 bits per heavy atom. The third kappa shape index (κ3) is 4.04. The molecule has 1 aromatic rings. The second kappa shape index (κ2) is 8.39. The number of hydrogen-bond donors (Lipinski definition) is 0. The molecule has 1 aromatic carbocycles. The zero-order valence-corrected chi connectivity index (χ0v) is 17.8. The molecule has 0 aromatic heterocycles. The number of piperidine rings is 1. The van der Waals surface area contributed by atoms with Crippen molar-refractivity contribution in [2.24, 2.45) is 0 Å². The fraction of sp³-hybridized carbons (Fsp3) is 0.579. The summed E-state index contributed by atoms with van der Waals surface area (Å²) in [7, 11) is -0.832. The van der Waals surface area contributed by atoms with Crippen molar-refractivity contribution in [3.05, 3.63) is 28.8 Å². The first kappa shape index (κ1) is 21.1. The monoisotopic (exact) mass is 427 g/mol. The molecule has 0 saturated carbocycles. The summed E-state index contributed by atoms with van der Waals surface area (Å²) in [4.78, 5) is 29.6. The second-order valence-electron chi connectivity index (χ2n) is 7.47. The van der Waals surface area contributed by atoms with Crippen LogP contribution in [0, 0.1) is 0 Å². The number of sulfonamides is 1. The molecule has 0 spiro atoms. The van der Waals surface area contributed by atoms with Crippen molar-refractivity contribution in [2.75, 3.05) is 33.7 Å². The highest BCUT2D eigenvalue weighted by Crippen LogP contribution is 2.28. The van der Waals surface area contributed by atoms with E-state index in [-0.39, 0.29) is 21.4 Å². The molecule has 2 fully saturated rings. The van der Waals surface area contributed by atoms with Crippen LogP contribution in [0.15, 0.2) is 23.1 Å². The van der Waals surface area contributed by atoms with E-state index < -0.39 is 22.0 Å². The van der Waals surface area contributed by atoms with Crippen molar-refractivity contribution in [3.63, 3.8) is 0 Å². The van der Waals surface area contributed by atoms with Gasteiger partial charge in [0.1, 0.15) is 6.04 Å². The van der Waals surface area contributed by atoms with E-state index in [4.69, 9.17) is 11.6 Å². The Morgan fingerprint density at radius 2 is 1.71 bits per heavy atom. The van der Waals surface area contributed by atoms with Gasteiger partial charge in [-0.3, -0.25) is 9.59 Å². The van der Waals surface area contributed by atoms with Gasteiger partial charge in [0, 0.05) is 33.7 Å². The highest BCUT2D eigenvalue weighted by atomic mass is 35.5. The number of hydrogen-bond acceptors (Lipinski definition) is 4. The minimum Gasteiger partial charge on any atom is -0.341 e. The van der Waals surface area contributed by atoms with E-state index >= 15 is 0 Å². The van der Waals surface area contributed by atoms with E-state index in [1.165, 1.54) is 32.3 Å². The Bertz CT molecular complexity index is 866. The first-order valence-corrected chi connectivity index (χ1v) is 11.4. The Morgan fingerprint density at radius 3 is 2.36 bits per heavy atom. The van der Waals surface area contributed by atoms with Crippen molar-refractivity contribution in [1.82, 2.24) is 14.1 Å². The van der Waals surface area contributed by atoms with E-state index in [9.17, 15) is 18.0 Å². The quantitative estimate of drug-likeness (QED) is 0.738. The first-order valence-electron chi connectivity index (χ1n) is 9.55. The van der Waals surface area contributed by atoms with Crippen LogP contribution in [-0.4, -0.2) is 74.1 Å². The molecule has 28 heavy (non-hydrogen) atoms. The van der Waals surface area contributed by atoms with E-state index in [1.807, 2.05) is 4.90 Å². The predicted octanol–water partition coefficient (Wildman–Crippen LogP) is 2.21. The number of likely N-dealkylation sites (tertiary alicyclic amines) is 2. The molecular formula is C19H26ClN3O4S. The summed E-state index contributed by atoms with van der Waals surface area (Å²) in [5.41, 5.74) is 0.116. The van der Waals surface area contributed by atoms with Gasteiger partial charge >= 0.3 is 0 Å². The molecule has 1 unspecified atom stereocenters. The van der Waals surface area contributed by atoms with Gasteiger partial charge in [0.05, 0.1) is 15.5 Å². The average molecular weight is 428 g/mol. The van der Waals surface area contributed by atoms with Crippen LogP contribution >= 0.6 is 11.6 Å². The zero-order chi connectivity index (χ0) is 20.5. The highest BCUT2D eigenvalue weighted by molar-refractivity contribution is 7.89. The second-order valence-corrected chi connectivity index (χ2v) is 10.0. The molecule has 1 atom stereocenters. The molecule has 3 rings (SSSR count). The topological polar surface area (TPSA) is 78.0 Å². The van der Waals surface area contributed by atoms with E-state index in [2.05, 4.69) is 0 Å². The van der Waals surface area contributed by atoms with Gasteiger partial charge in [-0.15, -0.1) is 0 Å². The lowest BCUT2D eigenvalue weighted by atomic mass is 9.99. The van der Waals surface area contributed by atoms with Gasteiger partial charge in [0.15, 0.2) is 0 Å². The Kier molecular flexibility index (Phi) is 6.31. The maximum atomic E-state index is 13.3. The molecule has 0 N–H and O–H groups in total. The molecule has 0 bridgehead atoms. The number of halogens is 1. The number of benzene rings is 1. The van der Waals surface area contributed by atoms with Gasteiger partial charge in [-0.05, 0) is 50.3 Å². The number of carbonyl (C=O) groups is 2. The standard InChI is InChI=1S/C19H26ClN3O4S/c1-21(2)28(26,27)14-8-9-16(20)15(13-14)18(24)23-12-4-3-7-17(23)19(25)22-10-5-6-11-22/h8-9,13,17H,3-7,10-12H2,1-2H3. The van der Waals surface area contributed by atoms with Crippen molar-refractivity contribution in [2.45, 2.75) is 43.0 Å². The number of rotatable bonds is 4. The minimum atomic E-state index is -3.69.